The molecule has 0 aliphatic heterocycles. The van der Waals surface area contributed by atoms with Crippen LogP contribution in [0.4, 0.5) is 5.82 Å². The Hall–Kier alpha value is -2.35. The minimum Gasteiger partial charge on any atom is -0.507 e. The molecular formula is C10H9N3O4S. The van der Waals surface area contributed by atoms with Gasteiger partial charge in [-0.2, -0.15) is 5.10 Å². The van der Waals surface area contributed by atoms with E-state index >= 15 is 0 Å². The zero-order valence-electron chi connectivity index (χ0n) is 8.99. The molecule has 0 spiro atoms. The average Bonchev–Trinajstić information content (AvgIpc) is 2.32. The summed E-state index contributed by atoms with van der Waals surface area (Å²) in [7, 11) is -3.94. The first-order chi connectivity index (χ1) is 8.49. The molecule has 1 heterocycles. The second-order valence-electron chi connectivity index (χ2n) is 3.38. The monoisotopic (exact) mass is 267 g/mol. The standard InChI is InChI=1S/C10H9N3O4S/c14-7-3-1-2-4-8(7)18(16,17)13-9-5-6-10(15)12-11-9/h1-6,14H,(H,11,13)(H,12,15). The average molecular weight is 267 g/mol. The number of aromatic hydroxyl groups is 1. The number of anilines is 1. The maximum atomic E-state index is 11.9. The van der Waals surface area contributed by atoms with Crippen LogP contribution in [-0.4, -0.2) is 23.7 Å². The summed E-state index contributed by atoms with van der Waals surface area (Å²) < 4.78 is 25.9. The molecule has 0 radical (unpaired) electrons. The maximum Gasteiger partial charge on any atom is 0.266 e. The molecule has 94 valence electrons. The molecule has 2 aromatic rings. The quantitative estimate of drug-likeness (QED) is 0.739. The molecule has 0 aliphatic carbocycles. The highest BCUT2D eigenvalue weighted by molar-refractivity contribution is 7.92. The van der Waals surface area contributed by atoms with Gasteiger partial charge >= 0.3 is 0 Å². The number of aromatic amines is 1. The van der Waals surface area contributed by atoms with Crippen LogP contribution in [0.15, 0.2) is 46.1 Å². The van der Waals surface area contributed by atoms with E-state index in [9.17, 15) is 18.3 Å². The van der Waals surface area contributed by atoms with Crippen LogP contribution in [0.25, 0.3) is 0 Å². The van der Waals surface area contributed by atoms with Gasteiger partial charge in [0.15, 0.2) is 5.82 Å². The Labute approximate surface area is 102 Å². The van der Waals surface area contributed by atoms with Crippen LogP contribution in [0.1, 0.15) is 0 Å². The maximum absolute atomic E-state index is 11.9. The Morgan fingerprint density at radius 3 is 2.50 bits per heavy atom. The molecule has 0 saturated heterocycles. The predicted octanol–water partition coefficient (Wildman–Crippen LogP) is 0.276. The summed E-state index contributed by atoms with van der Waals surface area (Å²) in [6, 6.07) is 7.85. The van der Waals surface area contributed by atoms with E-state index in [-0.39, 0.29) is 16.5 Å². The van der Waals surface area contributed by atoms with Gasteiger partial charge in [0.2, 0.25) is 0 Å². The van der Waals surface area contributed by atoms with Crippen LogP contribution in [-0.2, 0) is 10.0 Å². The summed E-state index contributed by atoms with van der Waals surface area (Å²) in [5, 5.41) is 15.1. The topological polar surface area (TPSA) is 112 Å². The molecule has 0 unspecified atom stereocenters. The molecule has 0 amide bonds. The Morgan fingerprint density at radius 2 is 1.89 bits per heavy atom. The first-order valence-corrected chi connectivity index (χ1v) is 6.34. The van der Waals surface area contributed by atoms with Gasteiger partial charge in [0.1, 0.15) is 10.6 Å². The molecular weight excluding hydrogens is 258 g/mol. The Morgan fingerprint density at radius 1 is 1.17 bits per heavy atom. The van der Waals surface area contributed by atoms with Crippen LogP contribution in [0, 0.1) is 0 Å². The molecule has 18 heavy (non-hydrogen) atoms. The highest BCUT2D eigenvalue weighted by Gasteiger charge is 2.18. The van der Waals surface area contributed by atoms with E-state index in [1.807, 2.05) is 0 Å². The Kier molecular flexibility index (Phi) is 3.02. The number of rotatable bonds is 3. The number of hydrogen-bond donors (Lipinski definition) is 3. The Bertz CT molecular complexity index is 703. The SMILES string of the molecule is O=c1ccc(NS(=O)(=O)c2ccccc2O)n[nH]1. The first kappa shape index (κ1) is 12.1. The van der Waals surface area contributed by atoms with Crippen molar-refractivity contribution >= 4 is 15.8 Å². The lowest BCUT2D eigenvalue weighted by atomic mass is 10.3. The fourth-order valence-electron chi connectivity index (χ4n) is 1.28. The van der Waals surface area contributed by atoms with Crippen molar-refractivity contribution in [3.05, 3.63) is 46.8 Å². The van der Waals surface area contributed by atoms with Gasteiger partial charge in [-0.05, 0) is 18.2 Å². The molecule has 0 bridgehead atoms. The second-order valence-corrected chi connectivity index (χ2v) is 5.03. The minimum atomic E-state index is -3.94. The molecule has 0 fully saturated rings. The van der Waals surface area contributed by atoms with Crippen LogP contribution >= 0.6 is 0 Å². The summed E-state index contributed by atoms with van der Waals surface area (Å²) in [5.74, 6) is -0.410. The van der Waals surface area contributed by atoms with Crippen molar-refractivity contribution < 1.29 is 13.5 Å². The number of nitrogens with one attached hydrogen (secondary N) is 2. The van der Waals surface area contributed by atoms with Gasteiger partial charge in [0.25, 0.3) is 15.6 Å². The first-order valence-electron chi connectivity index (χ1n) is 4.85. The number of phenolic OH excluding ortho intramolecular Hbond substituents is 1. The molecule has 0 aliphatic rings. The van der Waals surface area contributed by atoms with Crippen molar-refractivity contribution in [2.24, 2.45) is 0 Å². The fraction of sp³-hybridized carbons (Fsp3) is 0. The van der Waals surface area contributed by atoms with Crippen molar-refractivity contribution in [1.82, 2.24) is 10.2 Å². The van der Waals surface area contributed by atoms with Crippen LogP contribution in [0.3, 0.4) is 0 Å². The third kappa shape index (κ3) is 2.48. The van der Waals surface area contributed by atoms with E-state index in [1.165, 1.54) is 30.3 Å². The number of hydrogen-bond acceptors (Lipinski definition) is 5. The summed E-state index contributed by atoms with van der Waals surface area (Å²) >= 11 is 0. The van der Waals surface area contributed by atoms with E-state index in [0.29, 0.717) is 0 Å². The van der Waals surface area contributed by atoms with Crippen molar-refractivity contribution in [2.75, 3.05) is 4.72 Å². The smallest absolute Gasteiger partial charge is 0.266 e. The molecule has 1 aromatic carbocycles. The number of aromatic nitrogens is 2. The fourth-order valence-corrected chi connectivity index (χ4v) is 2.38. The number of H-pyrrole nitrogens is 1. The minimum absolute atomic E-state index is 0.0437. The van der Waals surface area contributed by atoms with E-state index in [2.05, 4.69) is 14.9 Å². The predicted molar refractivity (Wildman–Crippen MR) is 63.8 cm³/mol. The molecule has 3 N–H and O–H groups in total. The molecule has 0 saturated carbocycles. The molecule has 0 atom stereocenters. The highest BCUT2D eigenvalue weighted by Crippen LogP contribution is 2.22. The van der Waals surface area contributed by atoms with Gasteiger partial charge in [-0.1, -0.05) is 12.1 Å². The van der Waals surface area contributed by atoms with Gasteiger partial charge in [0, 0.05) is 6.07 Å². The summed E-state index contributed by atoms with van der Waals surface area (Å²) in [6.45, 7) is 0. The van der Waals surface area contributed by atoms with E-state index in [0.717, 1.165) is 6.07 Å². The van der Waals surface area contributed by atoms with E-state index in [4.69, 9.17) is 0 Å². The number of para-hydroxylation sites is 1. The van der Waals surface area contributed by atoms with Gasteiger partial charge in [0.05, 0.1) is 0 Å². The third-order valence-corrected chi connectivity index (χ3v) is 3.47. The lowest BCUT2D eigenvalue weighted by Gasteiger charge is -2.07. The van der Waals surface area contributed by atoms with Crippen molar-refractivity contribution in [3.8, 4) is 5.75 Å². The molecule has 7 nitrogen and oxygen atoms in total. The molecule has 2 rings (SSSR count). The van der Waals surface area contributed by atoms with Crippen LogP contribution in [0.2, 0.25) is 0 Å². The highest BCUT2D eigenvalue weighted by atomic mass is 32.2. The van der Waals surface area contributed by atoms with E-state index in [1.54, 1.807) is 0 Å². The van der Waals surface area contributed by atoms with Gasteiger partial charge in [-0.25, -0.2) is 13.5 Å². The van der Waals surface area contributed by atoms with E-state index < -0.39 is 15.6 Å². The van der Waals surface area contributed by atoms with Gasteiger partial charge in [-0.15, -0.1) is 0 Å². The lowest BCUT2D eigenvalue weighted by molar-refractivity contribution is 0.459. The summed E-state index contributed by atoms with van der Waals surface area (Å²) in [6.07, 6.45) is 0. The van der Waals surface area contributed by atoms with Crippen molar-refractivity contribution in [3.63, 3.8) is 0 Å². The lowest BCUT2D eigenvalue weighted by Crippen LogP contribution is -2.16. The number of sulfonamides is 1. The van der Waals surface area contributed by atoms with Crippen molar-refractivity contribution in [1.29, 1.82) is 0 Å². The molecule has 8 heteroatoms. The van der Waals surface area contributed by atoms with Crippen LogP contribution in [0.5, 0.6) is 5.75 Å². The summed E-state index contributed by atoms with van der Waals surface area (Å²) in [4.78, 5) is 10.5. The largest absolute Gasteiger partial charge is 0.507 e. The van der Waals surface area contributed by atoms with Gasteiger partial charge < -0.3 is 5.11 Å². The number of nitrogens with zero attached hydrogens (tertiary/aromatic N) is 1. The normalized spacial score (nSPS) is 11.1. The van der Waals surface area contributed by atoms with Crippen LogP contribution < -0.4 is 10.3 Å². The second kappa shape index (κ2) is 4.49. The molecule has 1 aromatic heterocycles. The zero-order valence-corrected chi connectivity index (χ0v) is 9.81. The number of phenols is 1. The van der Waals surface area contributed by atoms with Crippen molar-refractivity contribution in [2.45, 2.75) is 4.90 Å². The zero-order chi connectivity index (χ0) is 13.2. The summed E-state index contributed by atoms with van der Waals surface area (Å²) in [5.41, 5.74) is -0.444. The van der Waals surface area contributed by atoms with Gasteiger partial charge in [-0.3, -0.25) is 9.52 Å². The number of benzene rings is 1. The third-order valence-electron chi connectivity index (χ3n) is 2.07. The Balaban J connectivity index is 2.36.